The van der Waals surface area contributed by atoms with Gasteiger partial charge in [0.2, 0.25) is 0 Å². The van der Waals surface area contributed by atoms with Crippen molar-refractivity contribution in [1.82, 2.24) is 9.13 Å². The Labute approximate surface area is 192 Å². The van der Waals surface area contributed by atoms with Crippen LogP contribution in [0.3, 0.4) is 0 Å². The van der Waals surface area contributed by atoms with Gasteiger partial charge in [0.1, 0.15) is 0 Å². The van der Waals surface area contributed by atoms with Gasteiger partial charge in [-0.2, -0.15) is 0 Å². The van der Waals surface area contributed by atoms with E-state index >= 15 is 0 Å². The predicted molar refractivity (Wildman–Crippen MR) is 138 cm³/mol. The average molecular weight is 533 g/mol. The summed E-state index contributed by atoms with van der Waals surface area (Å²) in [6, 6.07) is 8.98. The zero-order valence-electron chi connectivity index (χ0n) is 20.9. The zero-order chi connectivity index (χ0) is 22.4. The van der Waals surface area contributed by atoms with Gasteiger partial charge in [-0.15, -0.1) is 0 Å². The van der Waals surface area contributed by atoms with Crippen LogP contribution in [0.1, 0.15) is 52.7 Å². The molecular weight excluding hydrogens is 491 g/mol. The Bertz CT molecular complexity index is 705. The van der Waals surface area contributed by atoms with E-state index < -0.39 is 37.6 Å². The van der Waals surface area contributed by atoms with Crippen LogP contribution >= 0.6 is 0 Å². The average Bonchev–Trinajstić information content (AvgIpc) is 2.59. The number of fused-ring (bicyclic) bond motifs is 1. The Balaban J connectivity index is 2.75. The molecule has 0 saturated heterocycles. The normalized spacial score (nSPS) is 15.6. The Morgan fingerprint density at radius 3 is 1.17 bits per heavy atom. The molecule has 0 bridgehead atoms. The van der Waals surface area contributed by atoms with Crippen LogP contribution in [0.4, 0.5) is 0 Å². The second-order valence-electron chi connectivity index (χ2n) is 12.2. The molecule has 1 aromatic carbocycles. The van der Waals surface area contributed by atoms with E-state index in [1.807, 2.05) is 0 Å². The quantitative estimate of drug-likeness (QED) is 0.390. The molecule has 0 aliphatic carbocycles. The molecule has 0 aromatic heterocycles. The van der Waals surface area contributed by atoms with E-state index in [2.05, 4.69) is 126 Å². The topological polar surface area (TPSA) is 6.48 Å². The zero-order valence-corrected chi connectivity index (χ0v) is 25.7. The number of benzene rings is 1. The third-order valence-corrected chi connectivity index (χ3v) is 14.3. The predicted octanol–water partition coefficient (Wildman–Crippen LogP) is 6.87. The molecule has 5 heteroatoms. The van der Waals surface area contributed by atoms with Gasteiger partial charge < -0.3 is 0 Å². The fraction of sp³-hybridized carbons (Fsp3) is 0.583. The van der Waals surface area contributed by atoms with E-state index in [1.165, 1.54) is 11.1 Å². The summed E-state index contributed by atoms with van der Waals surface area (Å²) in [6.45, 7) is 29.4. The molecule has 1 heterocycles. The summed E-state index contributed by atoms with van der Waals surface area (Å²) >= 11 is -0.998. The Morgan fingerprint density at radius 2 is 0.931 bits per heavy atom. The second kappa shape index (κ2) is 8.23. The van der Waals surface area contributed by atoms with Crippen molar-refractivity contribution >= 4 is 49.8 Å². The van der Waals surface area contributed by atoms with E-state index in [0.29, 0.717) is 0 Å². The molecule has 2 nitrogen and oxygen atoms in total. The van der Waals surface area contributed by atoms with Crippen molar-refractivity contribution in [1.29, 1.82) is 0 Å². The summed E-state index contributed by atoms with van der Waals surface area (Å²) in [5, 5.41) is 0. The summed E-state index contributed by atoms with van der Waals surface area (Å²) in [5.74, 6) is 0. The summed E-state index contributed by atoms with van der Waals surface area (Å²) in [7, 11) is -3.07. The molecule has 0 unspecified atom stereocenters. The van der Waals surface area contributed by atoms with Crippen LogP contribution in [0.25, 0.3) is 12.2 Å². The molecule has 0 fully saturated rings. The molecule has 0 saturated carbocycles. The van der Waals surface area contributed by atoms with E-state index in [9.17, 15) is 0 Å². The minimum absolute atomic E-state index is 0.146. The first-order chi connectivity index (χ1) is 12.9. The van der Waals surface area contributed by atoms with Gasteiger partial charge in [-0.25, -0.2) is 0 Å². The van der Waals surface area contributed by atoms with Crippen molar-refractivity contribution in [3.8, 4) is 0 Å². The van der Waals surface area contributed by atoms with Crippen LogP contribution < -0.4 is 0 Å². The molecular formula is C24H42N2Si2Sn-. The van der Waals surface area contributed by atoms with Crippen molar-refractivity contribution in [2.45, 2.75) is 91.9 Å². The van der Waals surface area contributed by atoms with E-state index in [4.69, 9.17) is 0 Å². The first-order valence-electron chi connectivity index (χ1n) is 10.8. The molecule has 0 spiro atoms. The number of rotatable bonds is 4. The first-order valence-corrected chi connectivity index (χ1v) is 20.6. The van der Waals surface area contributed by atoms with Crippen molar-refractivity contribution in [2.75, 3.05) is 0 Å². The Morgan fingerprint density at radius 1 is 0.621 bits per heavy atom. The molecule has 0 atom stereocenters. The third-order valence-electron chi connectivity index (χ3n) is 5.00. The summed E-state index contributed by atoms with van der Waals surface area (Å²) in [4.78, 5) is 0. The van der Waals surface area contributed by atoms with Crippen molar-refractivity contribution < 1.29 is 0 Å². The van der Waals surface area contributed by atoms with Gasteiger partial charge in [0.25, 0.3) is 0 Å². The van der Waals surface area contributed by atoms with E-state index in [1.54, 1.807) is 7.43 Å². The van der Waals surface area contributed by atoms with Crippen molar-refractivity contribution in [2.24, 2.45) is 0 Å². The van der Waals surface area contributed by atoms with Gasteiger partial charge in [-0.3, -0.25) is 0 Å². The van der Waals surface area contributed by atoms with Gasteiger partial charge in [0.05, 0.1) is 0 Å². The van der Waals surface area contributed by atoms with Gasteiger partial charge >= 0.3 is 194 Å². The van der Waals surface area contributed by atoms with Crippen LogP contribution in [0.2, 0.25) is 39.3 Å². The molecule has 1 radical (unpaired) electrons. The maximum absolute atomic E-state index is 2.84. The van der Waals surface area contributed by atoms with Crippen LogP contribution in [0, 0.1) is 0 Å². The van der Waals surface area contributed by atoms with Gasteiger partial charge in [-0.05, 0) is 0 Å². The number of hydrogen-bond donors (Lipinski definition) is 0. The van der Waals surface area contributed by atoms with Crippen LogP contribution in [-0.4, -0.2) is 57.8 Å². The first kappa shape index (κ1) is 24.8. The summed E-state index contributed by atoms with van der Waals surface area (Å²) in [6.07, 6.45) is 5.08. The molecule has 29 heavy (non-hydrogen) atoms. The van der Waals surface area contributed by atoms with Crippen LogP contribution in [0.15, 0.2) is 31.7 Å². The number of hydrogen-bond acceptors (Lipinski definition) is 2. The standard InChI is InChI=1S/C24H42N2Si2.Sn/c1-23(2,3)25(27(7,8)9)19-17-21-15-13-14-16-22(21)18-20-26(24(4,5)6)28(10,11)12;/h13-18H,1-12H3;/q;-1. The Hall–Kier alpha value is -0.468. The van der Waals surface area contributed by atoms with Crippen LogP contribution in [-0.2, 0) is 0 Å². The van der Waals surface area contributed by atoms with Gasteiger partial charge in [-0.1, -0.05) is 0 Å². The van der Waals surface area contributed by atoms with Gasteiger partial charge in [0.15, 0.2) is 0 Å². The molecule has 1 aromatic rings. The fourth-order valence-corrected chi connectivity index (χ4v) is 21.7. The molecule has 161 valence electrons. The minimum atomic E-state index is -1.54. The van der Waals surface area contributed by atoms with Crippen molar-refractivity contribution in [3.05, 3.63) is 42.8 Å². The van der Waals surface area contributed by atoms with Crippen molar-refractivity contribution in [3.63, 3.8) is 0 Å². The molecule has 0 N–H and O–H groups in total. The fourth-order valence-electron chi connectivity index (χ4n) is 4.97. The Kier molecular flexibility index (Phi) is 7.04. The third kappa shape index (κ3) is 6.04. The summed E-state index contributed by atoms with van der Waals surface area (Å²) in [5.41, 5.74) is 3.06. The second-order valence-corrected chi connectivity index (χ2v) is 25.4. The monoisotopic (exact) mass is 534 g/mol. The molecule has 1 aliphatic rings. The molecule has 2 rings (SSSR count). The SMILES string of the molecule is CC(C)(C)N([C]1=Cc2ccccc2C=[C](N(C(C)(C)C)[Si](C)(C)C)[Sn-]1)[Si](C)(C)C. The molecule has 1 aliphatic heterocycles. The van der Waals surface area contributed by atoms with Crippen LogP contribution in [0.5, 0.6) is 0 Å². The molecule has 0 amide bonds. The number of nitrogens with zero attached hydrogens (tertiary/aromatic N) is 2. The maximum atomic E-state index is 2.84. The van der Waals surface area contributed by atoms with E-state index in [-0.39, 0.29) is 11.1 Å². The summed E-state index contributed by atoms with van der Waals surface area (Å²) < 4.78 is 8.97. The van der Waals surface area contributed by atoms with E-state index in [0.717, 1.165) is 0 Å². The van der Waals surface area contributed by atoms with Gasteiger partial charge in [0, 0.05) is 0 Å².